The summed E-state index contributed by atoms with van der Waals surface area (Å²) in [6, 6.07) is 15.9. The van der Waals surface area contributed by atoms with Gasteiger partial charge in [0.25, 0.3) is 0 Å². The van der Waals surface area contributed by atoms with Gasteiger partial charge in [0.05, 0.1) is 13.2 Å². The van der Waals surface area contributed by atoms with Crippen molar-refractivity contribution in [3.63, 3.8) is 0 Å². The first-order chi connectivity index (χ1) is 14.1. The van der Waals surface area contributed by atoms with E-state index in [4.69, 9.17) is 9.47 Å². The lowest BCUT2D eigenvalue weighted by molar-refractivity contribution is -0.113. The Morgan fingerprint density at radius 3 is 1.52 bits per heavy atom. The minimum Gasteiger partial charge on any atom is -0.494 e. The van der Waals surface area contributed by atoms with E-state index in [2.05, 4.69) is 6.92 Å². The normalized spacial score (nSPS) is 19.6. The molecule has 0 bridgehead atoms. The Balaban J connectivity index is 1.84. The lowest BCUT2D eigenvalue weighted by Gasteiger charge is -2.25. The van der Waals surface area contributed by atoms with Crippen LogP contribution < -0.4 is 9.47 Å². The molecule has 1 saturated carbocycles. The molecule has 3 nitrogen and oxygen atoms in total. The number of ketones is 1. The molecule has 2 aromatic carbocycles. The van der Waals surface area contributed by atoms with Crippen molar-refractivity contribution in [2.75, 3.05) is 13.2 Å². The van der Waals surface area contributed by atoms with E-state index in [1.165, 1.54) is 0 Å². The molecule has 3 rings (SSSR count). The SMILES string of the molecule is CCOc1ccc(/C=C2\CC(CC)C/C(=C\c3ccc(OCC)cc3)C2=O)cc1. The molecule has 0 aliphatic heterocycles. The second-order valence-electron chi connectivity index (χ2n) is 7.35. The zero-order valence-corrected chi connectivity index (χ0v) is 17.6. The molecule has 1 aliphatic carbocycles. The van der Waals surface area contributed by atoms with Crippen molar-refractivity contribution in [3.05, 3.63) is 70.8 Å². The van der Waals surface area contributed by atoms with E-state index >= 15 is 0 Å². The van der Waals surface area contributed by atoms with Crippen LogP contribution in [-0.2, 0) is 4.79 Å². The van der Waals surface area contributed by atoms with E-state index in [0.717, 1.165) is 53.0 Å². The maximum absolute atomic E-state index is 13.1. The molecule has 1 aliphatic rings. The van der Waals surface area contributed by atoms with Crippen LogP contribution in [0.1, 0.15) is 51.2 Å². The lowest BCUT2D eigenvalue weighted by Crippen LogP contribution is -2.19. The maximum Gasteiger partial charge on any atom is 0.185 e. The molecule has 0 saturated heterocycles. The van der Waals surface area contributed by atoms with Crippen molar-refractivity contribution in [2.45, 2.75) is 40.0 Å². The number of hydrogen-bond donors (Lipinski definition) is 0. The maximum atomic E-state index is 13.1. The summed E-state index contributed by atoms with van der Waals surface area (Å²) in [5.74, 6) is 2.37. The largest absolute Gasteiger partial charge is 0.494 e. The van der Waals surface area contributed by atoms with Crippen LogP contribution in [0.25, 0.3) is 12.2 Å². The van der Waals surface area contributed by atoms with E-state index in [1.807, 2.05) is 74.5 Å². The highest BCUT2D eigenvalue weighted by Gasteiger charge is 2.26. The second kappa shape index (κ2) is 10.1. The number of carbonyl (C=O) groups is 1. The minimum absolute atomic E-state index is 0.164. The Labute approximate surface area is 174 Å². The van der Waals surface area contributed by atoms with E-state index in [0.29, 0.717) is 19.1 Å². The smallest absolute Gasteiger partial charge is 0.185 e. The molecule has 0 N–H and O–H groups in total. The standard InChI is InChI=1S/C26H30O3/c1-4-19-15-22(17-20-7-11-24(12-8-20)28-5-2)26(27)23(16-19)18-21-9-13-25(14-10-21)29-6-3/h7-14,17-19H,4-6,15-16H2,1-3H3/b22-17+,23-18+. The van der Waals surface area contributed by atoms with Crippen molar-refractivity contribution in [3.8, 4) is 11.5 Å². The van der Waals surface area contributed by atoms with Crippen LogP contribution in [0.4, 0.5) is 0 Å². The number of rotatable bonds is 7. The fourth-order valence-corrected chi connectivity index (χ4v) is 3.68. The molecular weight excluding hydrogens is 360 g/mol. The van der Waals surface area contributed by atoms with Gasteiger partial charge in [0.1, 0.15) is 11.5 Å². The minimum atomic E-state index is 0.164. The summed E-state index contributed by atoms with van der Waals surface area (Å²) in [7, 11) is 0. The quantitative estimate of drug-likeness (QED) is 0.518. The average molecular weight is 391 g/mol. The van der Waals surface area contributed by atoms with Gasteiger partial charge in [-0.15, -0.1) is 0 Å². The van der Waals surface area contributed by atoms with Gasteiger partial charge in [-0.3, -0.25) is 4.79 Å². The first kappa shape index (κ1) is 20.9. The van der Waals surface area contributed by atoms with Gasteiger partial charge in [-0.1, -0.05) is 37.6 Å². The topological polar surface area (TPSA) is 35.5 Å². The highest BCUT2D eigenvalue weighted by atomic mass is 16.5. The highest BCUT2D eigenvalue weighted by Crippen LogP contribution is 2.34. The summed E-state index contributed by atoms with van der Waals surface area (Å²) < 4.78 is 11.0. The van der Waals surface area contributed by atoms with Crippen molar-refractivity contribution >= 4 is 17.9 Å². The average Bonchev–Trinajstić information content (AvgIpc) is 2.74. The molecule has 0 aromatic heterocycles. The molecule has 3 heteroatoms. The first-order valence-electron chi connectivity index (χ1n) is 10.5. The summed E-state index contributed by atoms with van der Waals surface area (Å²) >= 11 is 0. The van der Waals surface area contributed by atoms with Crippen LogP contribution >= 0.6 is 0 Å². The second-order valence-corrected chi connectivity index (χ2v) is 7.35. The molecule has 152 valence electrons. The van der Waals surface area contributed by atoms with Gasteiger partial charge in [0.15, 0.2) is 5.78 Å². The van der Waals surface area contributed by atoms with Gasteiger partial charge in [0, 0.05) is 11.1 Å². The third kappa shape index (κ3) is 5.60. The Morgan fingerprint density at radius 1 is 0.759 bits per heavy atom. The van der Waals surface area contributed by atoms with Gasteiger partial charge in [-0.05, 0) is 80.2 Å². The molecular formula is C26H30O3. The van der Waals surface area contributed by atoms with Gasteiger partial charge in [-0.25, -0.2) is 0 Å². The number of ether oxygens (including phenoxy) is 2. The predicted octanol–water partition coefficient (Wildman–Crippen LogP) is 6.34. The summed E-state index contributed by atoms with van der Waals surface area (Å²) in [6.45, 7) is 7.44. The predicted molar refractivity (Wildman–Crippen MR) is 119 cm³/mol. The number of allylic oxidation sites excluding steroid dienone is 2. The fraction of sp³-hybridized carbons (Fsp3) is 0.346. The molecule has 29 heavy (non-hydrogen) atoms. The van der Waals surface area contributed by atoms with E-state index < -0.39 is 0 Å². The van der Waals surface area contributed by atoms with Crippen LogP contribution in [0.2, 0.25) is 0 Å². The van der Waals surface area contributed by atoms with Crippen LogP contribution in [0.15, 0.2) is 59.7 Å². The molecule has 0 radical (unpaired) electrons. The molecule has 0 amide bonds. The number of Topliss-reactive ketones (excluding diaryl/α,β-unsaturated/α-hetero) is 1. The van der Waals surface area contributed by atoms with Gasteiger partial charge in [0.2, 0.25) is 0 Å². The molecule has 0 spiro atoms. The molecule has 0 heterocycles. The Kier molecular flexibility index (Phi) is 7.29. The van der Waals surface area contributed by atoms with Gasteiger partial charge < -0.3 is 9.47 Å². The number of hydrogen-bond acceptors (Lipinski definition) is 3. The van der Waals surface area contributed by atoms with Gasteiger partial charge in [-0.2, -0.15) is 0 Å². The number of benzene rings is 2. The summed E-state index contributed by atoms with van der Waals surface area (Å²) in [6.07, 6.45) is 6.80. The van der Waals surface area contributed by atoms with Gasteiger partial charge >= 0.3 is 0 Å². The van der Waals surface area contributed by atoms with E-state index in [1.54, 1.807) is 0 Å². The number of carbonyl (C=O) groups excluding carboxylic acids is 1. The van der Waals surface area contributed by atoms with E-state index in [-0.39, 0.29) is 5.78 Å². The van der Waals surface area contributed by atoms with Crippen molar-refractivity contribution in [1.29, 1.82) is 0 Å². The summed E-state index contributed by atoms with van der Waals surface area (Å²) in [5, 5.41) is 0. The molecule has 0 unspecified atom stereocenters. The fourth-order valence-electron chi connectivity index (χ4n) is 3.68. The van der Waals surface area contributed by atoms with Crippen molar-refractivity contribution in [2.24, 2.45) is 5.92 Å². The first-order valence-corrected chi connectivity index (χ1v) is 10.5. The van der Waals surface area contributed by atoms with Crippen molar-refractivity contribution < 1.29 is 14.3 Å². The molecule has 0 atom stereocenters. The van der Waals surface area contributed by atoms with E-state index in [9.17, 15) is 4.79 Å². The lowest BCUT2D eigenvalue weighted by atomic mass is 9.78. The van der Waals surface area contributed by atoms with Crippen LogP contribution in [0.3, 0.4) is 0 Å². The van der Waals surface area contributed by atoms with Crippen LogP contribution in [-0.4, -0.2) is 19.0 Å². The highest BCUT2D eigenvalue weighted by molar-refractivity contribution is 6.14. The Bertz CT molecular complexity index is 802. The third-order valence-electron chi connectivity index (χ3n) is 5.24. The molecule has 2 aromatic rings. The molecule has 1 fully saturated rings. The Hall–Kier alpha value is -2.81. The van der Waals surface area contributed by atoms with Crippen LogP contribution in [0.5, 0.6) is 11.5 Å². The Morgan fingerprint density at radius 2 is 1.17 bits per heavy atom. The van der Waals surface area contributed by atoms with Crippen LogP contribution in [0, 0.1) is 5.92 Å². The third-order valence-corrected chi connectivity index (χ3v) is 5.24. The van der Waals surface area contributed by atoms with Crippen molar-refractivity contribution in [1.82, 2.24) is 0 Å². The zero-order chi connectivity index (χ0) is 20.6. The zero-order valence-electron chi connectivity index (χ0n) is 17.6. The summed E-state index contributed by atoms with van der Waals surface area (Å²) in [5.41, 5.74) is 3.86. The monoisotopic (exact) mass is 390 g/mol. The summed E-state index contributed by atoms with van der Waals surface area (Å²) in [4.78, 5) is 13.1.